The van der Waals surface area contributed by atoms with Gasteiger partial charge in [0.2, 0.25) is 0 Å². The first-order chi connectivity index (χ1) is 18.6. The third kappa shape index (κ3) is 4.95. The molecule has 0 spiro atoms. The lowest BCUT2D eigenvalue weighted by Crippen LogP contribution is -2.38. The number of piperidine rings is 1. The predicted octanol–water partition coefficient (Wildman–Crippen LogP) is 6.76. The van der Waals surface area contributed by atoms with Crippen LogP contribution >= 0.6 is 11.3 Å². The highest BCUT2D eigenvalue weighted by molar-refractivity contribution is 7.08. The van der Waals surface area contributed by atoms with Crippen LogP contribution in [0.4, 0.5) is 4.39 Å². The van der Waals surface area contributed by atoms with E-state index in [0.717, 1.165) is 62.0 Å². The normalized spacial score (nSPS) is 20.8. The number of aromatic nitrogens is 1. The number of carbonyl (C=O) groups is 1. The van der Waals surface area contributed by atoms with E-state index in [-0.39, 0.29) is 11.7 Å². The van der Waals surface area contributed by atoms with Crippen LogP contribution in [0.1, 0.15) is 46.2 Å². The molecule has 2 aromatic carbocycles. The fourth-order valence-electron chi connectivity index (χ4n) is 6.50. The molecule has 0 radical (unpaired) electrons. The molecule has 2 fully saturated rings. The minimum absolute atomic E-state index is 0.123. The van der Waals surface area contributed by atoms with E-state index < -0.39 is 0 Å². The molecule has 2 unspecified atom stereocenters. The number of nitrogens with zero attached hydrogens (tertiary/aromatic N) is 3. The molecular weight excluding hydrogens is 493 g/mol. The highest BCUT2D eigenvalue weighted by Gasteiger charge is 2.38. The molecule has 0 N–H and O–H groups in total. The average Bonchev–Trinajstić information content (AvgIpc) is 3.70. The van der Waals surface area contributed by atoms with Crippen LogP contribution in [0.5, 0.6) is 0 Å². The molecule has 0 aliphatic carbocycles. The summed E-state index contributed by atoms with van der Waals surface area (Å²) in [6.07, 6.45) is 6.09. The maximum Gasteiger partial charge on any atom is 0.256 e. The molecule has 2 atom stereocenters. The van der Waals surface area contributed by atoms with E-state index in [0.29, 0.717) is 24.3 Å². The van der Waals surface area contributed by atoms with Gasteiger partial charge < -0.3 is 14.4 Å². The van der Waals surface area contributed by atoms with Gasteiger partial charge in [-0.05, 0) is 90.0 Å². The molecule has 4 heterocycles. The van der Waals surface area contributed by atoms with Crippen molar-refractivity contribution in [2.45, 2.75) is 31.2 Å². The largest absolute Gasteiger partial charge is 0.343 e. The van der Waals surface area contributed by atoms with Gasteiger partial charge in [0.05, 0.1) is 11.1 Å². The van der Waals surface area contributed by atoms with Crippen LogP contribution in [0.3, 0.4) is 0 Å². The number of thiophene rings is 1. The summed E-state index contributed by atoms with van der Waals surface area (Å²) < 4.78 is 15.5. The molecular formula is C32H34FN3OS. The minimum Gasteiger partial charge on any atom is -0.343 e. The van der Waals surface area contributed by atoms with Gasteiger partial charge >= 0.3 is 0 Å². The first-order valence-corrected chi connectivity index (χ1v) is 14.5. The van der Waals surface area contributed by atoms with Crippen molar-refractivity contribution in [3.05, 3.63) is 107 Å². The Morgan fingerprint density at radius 1 is 1.03 bits per heavy atom. The zero-order chi connectivity index (χ0) is 26.1. The second kappa shape index (κ2) is 10.9. The van der Waals surface area contributed by atoms with Crippen LogP contribution in [-0.2, 0) is 6.54 Å². The maximum absolute atomic E-state index is 13.9. The van der Waals surface area contributed by atoms with Crippen molar-refractivity contribution in [1.82, 2.24) is 14.4 Å². The number of para-hydroxylation sites is 1. The zero-order valence-corrected chi connectivity index (χ0v) is 22.5. The van der Waals surface area contributed by atoms with Crippen LogP contribution in [0, 0.1) is 11.7 Å². The number of likely N-dealkylation sites (tertiary alicyclic amines) is 2. The molecule has 0 bridgehead atoms. The highest BCUT2D eigenvalue weighted by Crippen LogP contribution is 2.37. The number of fused-ring (bicyclic) bond motifs is 1. The second-order valence-electron chi connectivity index (χ2n) is 10.8. The molecule has 0 saturated carbocycles. The molecule has 2 aliphatic heterocycles. The summed E-state index contributed by atoms with van der Waals surface area (Å²) in [6, 6.07) is 17.4. The first kappa shape index (κ1) is 25.1. The van der Waals surface area contributed by atoms with E-state index in [1.807, 2.05) is 36.5 Å². The van der Waals surface area contributed by atoms with Crippen LogP contribution in [-0.4, -0.2) is 53.0 Å². The molecule has 2 aliphatic rings. The van der Waals surface area contributed by atoms with Crippen molar-refractivity contribution in [1.29, 1.82) is 0 Å². The number of hydrogen-bond donors (Lipinski definition) is 0. The smallest absolute Gasteiger partial charge is 0.256 e. The Balaban J connectivity index is 1.18. The molecule has 1 amide bonds. The zero-order valence-electron chi connectivity index (χ0n) is 21.6. The van der Waals surface area contributed by atoms with Crippen molar-refractivity contribution >= 4 is 28.1 Å². The van der Waals surface area contributed by atoms with Crippen molar-refractivity contribution in [3.8, 4) is 0 Å². The lowest BCUT2D eigenvalue weighted by Gasteiger charge is -2.34. The number of allylic oxidation sites excluding steroid dienone is 1. The molecule has 2 aromatic heterocycles. The molecule has 38 heavy (non-hydrogen) atoms. The van der Waals surface area contributed by atoms with Crippen molar-refractivity contribution in [2.75, 3.05) is 32.7 Å². The van der Waals surface area contributed by atoms with Crippen molar-refractivity contribution in [3.63, 3.8) is 0 Å². The number of rotatable bonds is 7. The van der Waals surface area contributed by atoms with Gasteiger partial charge in [-0.2, -0.15) is 11.3 Å². The number of hydrogen-bond acceptors (Lipinski definition) is 3. The number of carbonyl (C=O) groups excluding carboxylic acids is 1. The van der Waals surface area contributed by atoms with Gasteiger partial charge in [-0.3, -0.25) is 4.79 Å². The fraction of sp³-hybridized carbons (Fsp3) is 0.344. The number of halogens is 1. The SMILES string of the molecule is C=CCn1ccc2cccc(C(=O)N3CC(CN4CCC(c5ccc(F)cc5)CC4)C(c4ccsc4)C3)c21. The van der Waals surface area contributed by atoms with Gasteiger partial charge in [-0.15, -0.1) is 6.58 Å². The lowest BCUT2D eigenvalue weighted by atomic mass is 9.87. The van der Waals surface area contributed by atoms with Gasteiger partial charge in [0.1, 0.15) is 5.82 Å². The van der Waals surface area contributed by atoms with E-state index in [1.165, 1.54) is 11.1 Å². The summed E-state index contributed by atoms with van der Waals surface area (Å²) in [7, 11) is 0. The monoisotopic (exact) mass is 527 g/mol. The summed E-state index contributed by atoms with van der Waals surface area (Å²) in [5.41, 5.74) is 4.37. The average molecular weight is 528 g/mol. The summed E-state index contributed by atoms with van der Waals surface area (Å²) in [4.78, 5) is 18.6. The van der Waals surface area contributed by atoms with E-state index in [2.05, 4.69) is 49.9 Å². The topological polar surface area (TPSA) is 28.5 Å². The first-order valence-electron chi connectivity index (χ1n) is 13.6. The van der Waals surface area contributed by atoms with Gasteiger partial charge in [-0.25, -0.2) is 4.39 Å². The quantitative estimate of drug-likeness (QED) is 0.248. The standard InChI is InChI=1S/C32H34FN3OS/c1-2-14-35-17-12-25-4-3-5-29(31(25)35)32(37)36-20-27(30(21-36)26-13-18-38-22-26)19-34-15-10-24(11-16-34)23-6-8-28(33)9-7-23/h2-9,12-13,17-18,22,24,27,30H,1,10-11,14-16,19-21H2. The molecule has 4 nitrogen and oxygen atoms in total. The van der Waals surface area contributed by atoms with Crippen LogP contribution < -0.4 is 0 Å². The van der Waals surface area contributed by atoms with Gasteiger partial charge in [-0.1, -0.05) is 30.3 Å². The van der Waals surface area contributed by atoms with Gasteiger partial charge in [0.25, 0.3) is 5.91 Å². The Labute approximate surface area is 228 Å². The fourth-order valence-corrected chi connectivity index (χ4v) is 7.22. The maximum atomic E-state index is 13.9. The second-order valence-corrected chi connectivity index (χ2v) is 11.5. The van der Waals surface area contributed by atoms with Crippen LogP contribution in [0.25, 0.3) is 10.9 Å². The summed E-state index contributed by atoms with van der Waals surface area (Å²) in [6.45, 7) is 9.17. The van der Waals surface area contributed by atoms with E-state index in [4.69, 9.17) is 0 Å². The molecule has 6 heteroatoms. The minimum atomic E-state index is -0.170. The Morgan fingerprint density at radius 3 is 2.58 bits per heavy atom. The molecule has 6 rings (SSSR count). The van der Waals surface area contributed by atoms with E-state index in [9.17, 15) is 9.18 Å². The summed E-state index contributed by atoms with van der Waals surface area (Å²) >= 11 is 1.73. The number of amides is 1. The predicted molar refractivity (Wildman–Crippen MR) is 153 cm³/mol. The van der Waals surface area contributed by atoms with Crippen LogP contribution in [0.15, 0.2) is 84.2 Å². The number of benzene rings is 2. The lowest BCUT2D eigenvalue weighted by molar-refractivity contribution is 0.0783. The third-order valence-electron chi connectivity index (χ3n) is 8.47. The van der Waals surface area contributed by atoms with Crippen LogP contribution in [0.2, 0.25) is 0 Å². The van der Waals surface area contributed by atoms with E-state index in [1.54, 1.807) is 23.5 Å². The van der Waals surface area contributed by atoms with Gasteiger partial charge in [0, 0.05) is 43.7 Å². The Bertz CT molecular complexity index is 1400. The summed E-state index contributed by atoms with van der Waals surface area (Å²) in [5.74, 6) is 1.19. The van der Waals surface area contributed by atoms with E-state index >= 15 is 0 Å². The molecule has 4 aromatic rings. The Hall–Kier alpha value is -3.22. The third-order valence-corrected chi connectivity index (χ3v) is 9.17. The molecule has 2 saturated heterocycles. The highest BCUT2D eigenvalue weighted by atomic mass is 32.1. The van der Waals surface area contributed by atoms with Crippen molar-refractivity contribution < 1.29 is 9.18 Å². The van der Waals surface area contributed by atoms with Crippen molar-refractivity contribution in [2.24, 2.45) is 5.92 Å². The Morgan fingerprint density at radius 2 is 1.84 bits per heavy atom. The molecule has 196 valence electrons. The van der Waals surface area contributed by atoms with Gasteiger partial charge in [0.15, 0.2) is 0 Å². The Kier molecular flexibility index (Phi) is 7.18. The summed E-state index contributed by atoms with van der Waals surface area (Å²) in [5, 5.41) is 5.49.